The van der Waals surface area contributed by atoms with Gasteiger partial charge in [0.2, 0.25) is 0 Å². The monoisotopic (exact) mass is 932 g/mol. The van der Waals surface area contributed by atoms with E-state index in [2.05, 4.69) is 78.0 Å². The Hall–Kier alpha value is -5.24. The van der Waals surface area contributed by atoms with Gasteiger partial charge in [0.1, 0.15) is 35.6 Å². The van der Waals surface area contributed by atoms with E-state index in [1.165, 1.54) is 0 Å². The van der Waals surface area contributed by atoms with Gasteiger partial charge in [0.25, 0.3) is 0 Å². The fourth-order valence-electron chi connectivity index (χ4n) is 11.3. The molecular weight excluding hydrogens is 871 g/mol. The van der Waals surface area contributed by atoms with Gasteiger partial charge in [-0.15, -0.1) is 0 Å². The Labute approximate surface area is 394 Å². The summed E-state index contributed by atoms with van der Waals surface area (Å²) >= 11 is 0. The number of aryl methyl sites for hydroxylation is 4. The molecule has 12 rings (SSSR count). The molecule has 4 aromatic heterocycles. The smallest absolute Gasteiger partial charge is 0.159 e. The number of β-amino-alcohol motifs (C(OH)–C–C–N with tert-alkyl or cyclic N) is 2. The number of halogens is 2. The highest BCUT2D eigenvalue weighted by molar-refractivity contribution is 5.83. The van der Waals surface area contributed by atoms with E-state index in [0.717, 1.165) is 121 Å². The van der Waals surface area contributed by atoms with Crippen LogP contribution in [0.5, 0.6) is 0 Å². The highest BCUT2D eigenvalue weighted by atomic mass is 19.1. The zero-order chi connectivity index (χ0) is 46.8. The number of ether oxygens (including phenoxy) is 2. The standard InChI is InChI=1S/2C25H31FN6O2/c2*1-15-7-17-10-27-32(25-9-24(28-16(2)29-25)31-11-19(33)12-31)23(17)8-21(15)20-3-5-30(13-22(20)26)18-4-6-34-14-18/h2*7-10,18-20,22,33H,3-6,11-14H2,1-2H3. The Morgan fingerprint density at radius 1 is 0.529 bits per heavy atom. The number of aliphatic hydroxyl groups excluding tert-OH is 2. The Kier molecular flexibility index (Phi) is 12.4. The van der Waals surface area contributed by atoms with Crippen molar-refractivity contribution in [2.75, 3.05) is 88.6 Å². The summed E-state index contributed by atoms with van der Waals surface area (Å²) in [6, 6.07) is 13.0. The van der Waals surface area contributed by atoms with Gasteiger partial charge in [0.15, 0.2) is 11.6 Å². The summed E-state index contributed by atoms with van der Waals surface area (Å²) < 4.78 is 45.7. The zero-order valence-electron chi connectivity index (χ0n) is 39.4. The molecule has 2 N–H and O–H groups in total. The van der Waals surface area contributed by atoms with Crippen molar-refractivity contribution < 1.29 is 28.5 Å². The number of hydrogen-bond donors (Lipinski definition) is 2. The van der Waals surface area contributed by atoms with E-state index in [-0.39, 0.29) is 24.0 Å². The number of aliphatic hydroxyl groups is 2. The molecule has 16 nitrogen and oxygen atoms in total. The molecule has 18 heteroatoms. The average Bonchev–Trinajstić information content (AvgIpc) is 4.15. The number of piperidine rings is 2. The lowest BCUT2D eigenvalue weighted by molar-refractivity contribution is 0.0727. The number of rotatable bonds is 8. The summed E-state index contributed by atoms with van der Waals surface area (Å²) in [5.41, 5.74) is 6.17. The predicted molar refractivity (Wildman–Crippen MR) is 255 cm³/mol. The first-order valence-corrected chi connectivity index (χ1v) is 24.4. The number of nitrogens with zero attached hydrogens (tertiary/aromatic N) is 12. The second-order valence-corrected chi connectivity index (χ2v) is 19.9. The van der Waals surface area contributed by atoms with Crippen LogP contribution < -0.4 is 9.80 Å². The minimum atomic E-state index is -0.910. The normalized spacial score (nSPS) is 26.4. The second kappa shape index (κ2) is 18.6. The van der Waals surface area contributed by atoms with Crippen molar-refractivity contribution in [2.45, 2.75) is 102 Å². The molecule has 6 unspecified atom stereocenters. The van der Waals surface area contributed by atoms with Crippen LogP contribution in [-0.2, 0) is 9.47 Å². The molecule has 0 bridgehead atoms. The van der Waals surface area contributed by atoms with E-state index in [1.54, 1.807) is 0 Å². The Bertz CT molecular complexity index is 2590. The van der Waals surface area contributed by atoms with Gasteiger partial charge in [-0.2, -0.15) is 10.2 Å². The lowest BCUT2D eigenvalue weighted by Gasteiger charge is -2.38. The van der Waals surface area contributed by atoms with Crippen LogP contribution in [0.4, 0.5) is 20.4 Å². The second-order valence-electron chi connectivity index (χ2n) is 19.9. The van der Waals surface area contributed by atoms with Crippen molar-refractivity contribution >= 4 is 33.4 Å². The van der Waals surface area contributed by atoms with Crippen molar-refractivity contribution in [1.29, 1.82) is 0 Å². The van der Waals surface area contributed by atoms with Crippen LogP contribution in [0.1, 0.15) is 71.4 Å². The molecule has 0 spiro atoms. The van der Waals surface area contributed by atoms with E-state index in [4.69, 9.17) is 9.47 Å². The van der Waals surface area contributed by atoms with Gasteiger partial charge in [0, 0.05) is 99.3 Å². The molecule has 2 aromatic carbocycles. The number of aromatic nitrogens is 8. The lowest BCUT2D eigenvalue weighted by atomic mass is 9.84. The third-order valence-electron chi connectivity index (χ3n) is 15.1. The van der Waals surface area contributed by atoms with Crippen LogP contribution in [0, 0.1) is 27.7 Å². The van der Waals surface area contributed by atoms with E-state index >= 15 is 8.78 Å². The van der Waals surface area contributed by atoms with Gasteiger partial charge in [-0.1, -0.05) is 0 Å². The van der Waals surface area contributed by atoms with Gasteiger partial charge >= 0.3 is 0 Å². The van der Waals surface area contributed by atoms with Crippen LogP contribution in [0.3, 0.4) is 0 Å². The molecule has 0 amide bonds. The van der Waals surface area contributed by atoms with Crippen molar-refractivity contribution in [2.24, 2.45) is 0 Å². The summed E-state index contributed by atoms with van der Waals surface area (Å²) in [7, 11) is 0. The summed E-state index contributed by atoms with van der Waals surface area (Å²) in [5.74, 6) is 3.98. The minimum Gasteiger partial charge on any atom is -0.389 e. The molecule has 6 aromatic rings. The maximum Gasteiger partial charge on any atom is 0.159 e. The first kappa shape index (κ1) is 45.2. The number of hydrogen-bond acceptors (Lipinski definition) is 14. The fourth-order valence-corrected chi connectivity index (χ4v) is 11.3. The number of anilines is 2. The molecule has 6 aliphatic heterocycles. The third-order valence-corrected chi connectivity index (χ3v) is 15.1. The molecule has 6 fully saturated rings. The number of benzene rings is 2. The van der Waals surface area contributed by atoms with Gasteiger partial charge in [0.05, 0.1) is 48.8 Å². The maximum absolute atomic E-state index is 15.5. The van der Waals surface area contributed by atoms with Crippen LogP contribution in [0.25, 0.3) is 33.4 Å². The first-order valence-electron chi connectivity index (χ1n) is 24.4. The summed E-state index contributed by atoms with van der Waals surface area (Å²) in [5, 5.41) is 30.6. The number of fused-ring (bicyclic) bond motifs is 2. The van der Waals surface area contributed by atoms with Crippen LogP contribution >= 0.6 is 0 Å². The van der Waals surface area contributed by atoms with Gasteiger partial charge in [-0.05, 0) is 113 Å². The van der Waals surface area contributed by atoms with Crippen LogP contribution in [0.15, 0.2) is 48.8 Å². The van der Waals surface area contributed by atoms with Crippen LogP contribution in [-0.4, -0.2) is 175 Å². The molecule has 10 heterocycles. The molecule has 6 atom stereocenters. The molecule has 360 valence electrons. The maximum atomic E-state index is 15.5. The quantitative estimate of drug-likeness (QED) is 0.209. The number of likely N-dealkylation sites (tertiary alicyclic amines) is 2. The molecule has 6 aliphatic rings. The molecule has 6 saturated heterocycles. The molecule has 68 heavy (non-hydrogen) atoms. The van der Waals surface area contributed by atoms with E-state index in [9.17, 15) is 10.2 Å². The topological polar surface area (TPSA) is 159 Å². The highest BCUT2D eigenvalue weighted by Gasteiger charge is 2.38. The largest absolute Gasteiger partial charge is 0.389 e. The van der Waals surface area contributed by atoms with Crippen molar-refractivity contribution in [1.82, 2.24) is 49.3 Å². The Morgan fingerprint density at radius 3 is 1.31 bits per heavy atom. The third kappa shape index (κ3) is 8.83. The van der Waals surface area contributed by atoms with Crippen LogP contribution in [0.2, 0.25) is 0 Å². The van der Waals surface area contributed by atoms with Gasteiger partial charge < -0.3 is 29.5 Å². The van der Waals surface area contributed by atoms with Crippen molar-refractivity contribution in [3.05, 3.63) is 82.7 Å². The zero-order valence-corrected chi connectivity index (χ0v) is 39.4. The van der Waals surface area contributed by atoms with Crippen molar-refractivity contribution in [3.63, 3.8) is 0 Å². The Morgan fingerprint density at radius 2 is 0.941 bits per heavy atom. The highest BCUT2D eigenvalue weighted by Crippen LogP contribution is 2.38. The van der Waals surface area contributed by atoms with E-state index in [0.29, 0.717) is 74.6 Å². The first-order chi connectivity index (χ1) is 32.9. The summed E-state index contributed by atoms with van der Waals surface area (Å²) in [6.07, 6.45) is 4.83. The van der Waals surface area contributed by atoms with E-state index < -0.39 is 12.3 Å². The molecule has 0 saturated carbocycles. The SMILES string of the molecule is Cc1nc(N2CC(O)C2)cc(-n2ncc3cc(C)c(C4CCN(C5CCOC5)CC4F)cc32)n1.Cc1nc(N2CC(O)C2)cc(-n2ncc3cc(C)c(C4CCN(C5CCOC5)CC4F)cc32)n1. The van der Waals surface area contributed by atoms with Crippen molar-refractivity contribution in [3.8, 4) is 11.6 Å². The molecule has 0 aliphatic carbocycles. The molecular formula is C50H62F2N12O4. The average molecular weight is 933 g/mol. The lowest BCUT2D eigenvalue weighted by Crippen LogP contribution is -2.51. The summed E-state index contributed by atoms with van der Waals surface area (Å²) in [4.78, 5) is 26.9. The summed E-state index contributed by atoms with van der Waals surface area (Å²) in [6.45, 7) is 15.9. The Balaban J connectivity index is 0.000000149. The number of alkyl halides is 2. The van der Waals surface area contributed by atoms with E-state index in [1.807, 2.05) is 57.5 Å². The van der Waals surface area contributed by atoms with Gasteiger partial charge in [-0.3, -0.25) is 9.80 Å². The minimum absolute atomic E-state index is 0.128. The fraction of sp³-hybridized carbons (Fsp3) is 0.560. The van der Waals surface area contributed by atoms with Gasteiger partial charge in [-0.25, -0.2) is 38.1 Å². The molecule has 0 radical (unpaired) electrons. The predicted octanol–water partition coefficient (Wildman–Crippen LogP) is 5.06.